The lowest BCUT2D eigenvalue weighted by atomic mass is 10.1. The van der Waals surface area contributed by atoms with E-state index in [1.165, 1.54) is 16.5 Å². The minimum atomic E-state index is -0.306. The van der Waals surface area contributed by atoms with Crippen molar-refractivity contribution in [1.82, 2.24) is 14.5 Å². The monoisotopic (exact) mass is 418 g/mol. The lowest BCUT2D eigenvalue weighted by molar-refractivity contribution is -0.116. The number of carbonyl (C=O) groups is 1. The molecule has 0 unspecified atom stereocenters. The molecule has 1 amide bonds. The number of carbonyl (C=O) groups excluding carboxylic acids is 1. The van der Waals surface area contributed by atoms with Crippen LogP contribution in [-0.4, -0.2) is 33.7 Å². The zero-order valence-corrected chi connectivity index (χ0v) is 16.9. The van der Waals surface area contributed by atoms with Gasteiger partial charge in [-0.1, -0.05) is 30.3 Å². The molecule has 0 radical (unpaired) electrons. The van der Waals surface area contributed by atoms with Gasteiger partial charge in [-0.3, -0.25) is 19.1 Å². The average molecular weight is 418 g/mol. The van der Waals surface area contributed by atoms with Crippen LogP contribution in [0.25, 0.3) is 0 Å². The number of hydrogen-bond donors (Lipinski definition) is 1. The van der Waals surface area contributed by atoms with Crippen LogP contribution in [0, 0.1) is 0 Å². The van der Waals surface area contributed by atoms with Crippen LogP contribution in [-0.2, 0) is 30.8 Å². The van der Waals surface area contributed by atoms with E-state index in [0.717, 1.165) is 25.2 Å². The van der Waals surface area contributed by atoms with E-state index in [4.69, 9.17) is 9.47 Å². The van der Waals surface area contributed by atoms with Crippen LogP contribution in [0.1, 0.15) is 16.8 Å². The first kappa shape index (κ1) is 19.3. The summed E-state index contributed by atoms with van der Waals surface area (Å²) in [5, 5.41) is 2.80. The van der Waals surface area contributed by atoms with Gasteiger partial charge in [-0.05, 0) is 17.7 Å². The Morgan fingerprint density at radius 3 is 2.81 bits per heavy atom. The van der Waals surface area contributed by atoms with Crippen molar-refractivity contribution in [3.05, 3.63) is 82.0 Å². The number of anilines is 1. The van der Waals surface area contributed by atoms with Gasteiger partial charge in [-0.15, -0.1) is 0 Å². The van der Waals surface area contributed by atoms with E-state index in [0.29, 0.717) is 29.3 Å². The van der Waals surface area contributed by atoms with Crippen LogP contribution in [0.5, 0.6) is 11.5 Å². The third-order valence-corrected chi connectivity index (χ3v) is 5.49. The van der Waals surface area contributed by atoms with Gasteiger partial charge in [0.05, 0.1) is 17.6 Å². The number of amides is 1. The molecule has 3 heterocycles. The lowest BCUT2D eigenvalue weighted by Crippen LogP contribution is -2.38. The maximum absolute atomic E-state index is 13.0. The summed E-state index contributed by atoms with van der Waals surface area (Å²) in [6.07, 6.45) is 2.19. The molecule has 1 aromatic heterocycles. The maximum Gasteiger partial charge on any atom is 0.258 e. The fourth-order valence-corrected chi connectivity index (χ4v) is 3.93. The molecular weight excluding hydrogens is 396 g/mol. The molecule has 8 nitrogen and oxygen atoms in total. The first-order valence-corrected chi connectivity index (χ1v) is 10.2. The van der Waals surface area contributed by atoms with E-state index in [9.17, 15) is 9.59 Å². The van der Waals surface area contributed by atoms with Crippen molar-refractivity contribution < 1.29 is 14.3 Å². The number of benzene rings is 2. The third-order valence-electron chi connectivity index (χ3n) is 5.49. The van der Waals surface area contributed by atoms with E-state index in [2.05, 4.69) is 27.3 Å². The van der Waals surface area contributed by atoms with Gasteiger partial charge in [-0.25, -0.2) is 4.98 Å². The maximum atomic E-state index is 13.0. The Balaban J connectivity index is 1.28. The molecule has 5 rings (SSSR count). The Morgan fingerprint density at radius 2 is 1.94 bits per heavy atom. The van der Waals surface area contributed by atoms with Gasteiger partial charge in [0.15, 0.2) is 11.5 Å². The highest BCUT2D eigenvalue weighted by Gasteiger charge is 2.22. The summed E-state index contributed by atoms with van der Waals surface area (Å²) in [4.78, 5) is 32.2. The number of nitrogens with zero attached hydrogens (tertiary/aromatic N) is 3. The van der Waals surface area contributed by atoms with Crippen LogP contribution in [0.2, 0.25) is 0 Å². The van der Waals surface area contributed by atoms with E-state index < -0.39 is 0 Å². The minimum Gasteiger partial charge on any atom is -0.454 e. The summed E-state index contributed by atoms with van der Waals surface area (Å²) in [5.74, 6) is 0.928. The zero-order valence-electron chi connectivity index (χ0n) is 16.9. The first-order chi connectivity index (χ1) is 15.2. The second kappa shape index (κ2) is 8.23. The molecule has 1 N–H and O–H groups in total. The Hall–Kier alpha value is -3.65. The second-order valence-corrected chi connectivity index (χ2v) is 7.67. The van der Waals surface area contributed by atoms with E-state index in [-0.39, 0.29) is 24.8 Å². The highest BCUT2D eigenvalue weighted by molar-refractivity contribution is 5.91. The molecule has 2 aliphatic heterocycles. The topological polar surface area (TPSA) is 85.7 Å². The molecule has 2 aromatic carbocycles. The van der Waals surface area contributed by atoms with Crippen LogP contribution in [0.15, 0.2) is 59.7 Å². The molecule has 2 aliphatic rings. The first-order valence-electron chi connectivity index (χ1n) is 10.2. The highest BCUT2D eigenvalue weighted by Crippen LogP contribution is 2.34. The standard InChI is InChI=1S/C23H22N4O4/c28-22(25-17-6-7-20-21(10-17)31-15-30-20)13-27-14-24-19-8-9-26(12-18(19)23(27)29)11-16-4-2-1-3-5-16/h1-7,10,14H,8-9,11-13,15H2,(H,25,28). The second-order valence-electron chi connectivity index (χ2n) is 7.67. The van der Waals surface area contributed by atoms with Gasteiger partial charge in [0, 0.05) is 37.8 Å². The molecule has 0 saturated heterocycles. The van der Waals surface area contributed by atoms with E-state index in [1.807, 2.05) is 18.2 Å². The number of fused-ring (bicyclic) bond motifs is 2. The fraction of sp³-hybridized carbons (Fsp3) is 0.261. The van der Waals surface area contributed by atoms with E-state index in [1.54, 1.807) is 18.2 Å². The largest absolute Gasteiger partial charge is 0.454 e. The van der Waals surface area contributed by atoms with Gasteiger partial charge in [-0.2, -0.15) is 0 Å². The third kappa shape index (κ3) is 4.15. The van der Waals surface area contributed by atoms with Crippen molar-refractivity contribution in [1.29, 1.82) is 0 Å². The quantitative estimate of drug-likeness (QED) is 0.684. The molecule has 0 aliphatic carbocycles. The normalized spacial score (nSPS) is 14.8. The summed E-state index contributed by atoms with van der Waals surface area (Å²) in [7, 11) is 0. The van der Waals surface area contributed by atoms with Crippen molar-refractivity contribution >= 4 is 11.6 Å². The van der Waals surface area contributed by atoms with Crippen LogP contribution in [0.4, 0.5) is 5.69 Å². The predicted molar refractivity (Wildman–Crippen MR) is 114 cm³/mol. The van der Waals surface area contributed by atoms with Crippen LogP contribution in [0.3, 0.4) is 0 Å². The Labute approximate surface area is 179 Å². The van der Waals surface area contributed by atoms with Crippen molar-refractivity contribution in [3.8, 4) is 11.5 Å². The van der Waals surface area contributed by atoms with Crippen LogP contribution >= 0.6 is 0 Å². The summed E-state index contributed by atoms with van der Waals surface area (Å²) in [5.41, 5.74) is 3.12. The number of rotatable bonds is 5. The highest BCUT2D eigenvalue weighted by atomic mass is 16.7. The molecular formula is C23H22N4O4. The summed E-state index contributed by atoms with van der Waals surface area (Å²) >= 11 is 0. The zero-order chi connectivity index (χ0) is 21.2. The molecule has 158 valence electrons. The fourth-order valence-electron chi connectivity index (χ4n) is 3.93. The predicted octanol–water partition coefficient (Wildman–Crippen LogP) is 2.17. The van der Waals surface area contributed by atoms with E-state index >= 15 is 0 Å². The number of nitrogens with one attached hydrogen (secondary N) is 1. The van der Waals surface area contributed by atoms with Gasteiger partial charge in [0.2, 0.25) is 12.7 Å². The lowest BCUT2D eigenvalue weighted by Gasteiger charge is -2.28. The molecule has 31 heavy (non-hydrogen) atoms. The van der Waals surface area contributed by atoms with Crippen molar-refractivity contribution in [2.24, 2.45) is 0 Å². The minimum absolute atomic E-state index is 0.105. The molecule has 0 spiro atoms. The molecule has 0 bridgehead atoms. The summed E-state index contributed by atoms with van der Waals surface area (Å²) in [6, 6.07) is 15.4. The summed E-state index contributed by atoms with van der Waals surface area (Å²) < 4.78 is 12.0. The Bertz CT molecular complexity index is 1180. The van der Waals surface area contributed by atoms with Gasteiger partial charge >= 0.3 is 0 Å². The SMILES string of the molecule is O=C(Cn1cnc2c(c1=O)CN(Cc1ccccc1)CC2)Nc1ccc2c(c1)OCO2. The molecule has 8 heteroatoms. The average Bonchev–Trinajstić information content (AvgIpc) is 3.25. The molecule has 0 fully saturated rings. The van der Waals surface area contributed by atoms with Gasteiger partial charge in [0.25, 0.3) is 5.56 Å². The Kier molecular flexibility index (Phi) is 5.13. The Morgan fingerprint density at radius 1 is 1.10 bits per heavy atom. The molecule has 0 atom stereocenters. The van der Waals surface area contributed by atoms with Crippen molar-refractivity contribution in [2.75, 3.05) is 18.7 Å². The summed E-state index contributed by atoms with van der Waals surface area (Å²) in [6.45, 7) is 2.22. The smallest absolute Gasteiger partial charge is 0.258 e. The van der Waals surface area contributed by atoms with Crippen molar-refractivity contribution in [3.63, 3.8) is 0 Å². The van der Waals surface area contributed by atoms with Crippen molar-refractivity contribution in [2.45, 2.75) is 26.1 Å². The number of aromatic nitrogens is 2. The molecule has 0 saturated carbocycles. The number of hydrogen-bond acceptors (Lipinski definition) is 6. The molecule has 3 aromatic rings. The number of ether oxygens (including phenoxy) is 2. The van der Waals surface area contributed by atoms with Crippen LogP contribution < -0.4 is 20.3 Å². The van der Waals surface area contributed by atoms with Gasteiger partial charge in [0.1, 0.15) is 6.54 Å². The van der Waals surface area contributed by atoms with Gasteiger partial charge < -0.3 is 14.8 Å².